The Labute approximate surface area is 154 Å². The molecule has 0 radical (unpaired) electrons. The molecule has 4 nitrogen and oxygen atoms in total. The van der Waals surface area contributed by atoms with E-state index >= 15 is 0 Å². The van der Waals surface area contributed by atoms with Crippen LogP contribution in [-0.4, -0.2) is 74.5 Å². The smallest absolute Gasteiger partial charge is 0.0536 e. The Morgan fingerprint density at radius 1 is 0.720 bits per heavy atom. The van der Waals surface area contributed by atoms with Crippen molar-refractivity contribution >= 4 is 0 Å². The molecule has 4 rings (SSSR count). The van der Waals surface area contributed by atoms with Gasteiger partial charge in [-0.3, -0.25) is 4.90 Å². The van der Waals surface area contributed by atoms with Gasteiger partial charge in [0.2, 0.25) is 0 Å². The van der Waals surface area contributed by atoms with Gasteiger partial charge in [-0.05, 0) is 77.3 Å². The van der Waals surface area contributed by atoms with E-state index in [4.69, 9.17) is 9.47 Å². The first-order valence-corrected chi connectivity index (χ1v) is 10.7. The number of hydrogen-bond acceptors (Lipinski definition) is 4. The lowest BCUT2D eigenvalue weighted by Crippen LogP contribution is -2.38. The van der Waals surface area contributed by atoms with E-state index in [-0.39, 0.29) is 0 Å². The first-order chi connectivity index (χ1) is 12.1. The Hall–Kier alpha value is -0.160. The fourth-order valence-electron chi connectivity index (χ4n) is 5.72. The quantitative estimate of drug-likeness (QED) is 0.760. The molecule has 4 heteroatoms. The van der Waals surface area contributed by atoms with Crippen LogP contribution in [0.5, 0.6) is 0 Å². The fraction of sp³-hybridized carbons (Fsp3) is 1.00. The molecule has 4 aliphatic heterocycles. The van der Waals surface area contributed by atoms with Gasteiger partial charge in [-0.2, -0.15) is 0 Å². The van der Waals surface area contributed by atoms with E-state index in [2.05, 4.69) is 23.6 Å². The monoisotopic (exact) mass is 350 g/mol. The van der Waals surface area contributed by atoms with E-state index in [0.717, 1.165) is 38.5 Å². The molecule has 4 fully saturated rings. The van der Waals surface area contributed by atoms with E-state index < -0.39 is 0 Å². The largest absolute Gasteiger partial charge is 0.381 e. The highest BCUT2D eigenvalue weighted by atomic mass is 16.5. The average molecular weight is 351 g/mol. The molecule has 0 aromatic heterocycles. The van der Waals surface area contributed by atoms with Crippen LogP contribution >= 0.6 is 0 Å². The molecular formula is C21H38N2O2. The molecule has 0 bridgehead atoms. The average Bonchev–Trinajstić information content (AvgIpc) is 3.36. The molecule has 0 aliphatic carbocycles. The first-order valence-electron chi connectivity index (χ1n) is 10.7. The second kappa shape index (κ2) is 7.46. The molecule has 3 atom stereocenters. The van der Waals surface area contributed by atoms with Gasteiger partial charge in [-0.25, -0.2) is 0 Å². The van der Waals surface area contributed by atoms with E-state index in [1.807, 2.05) is 0 Å². The summed E-state index contributed by atoms with van der Waals surface area (Å²) in [5.41, 5.74) is 1.09. The summed E-state index contributed by atoms with van der Waals surface area (Å²) in [6, 6.07) is 1.46. The molecule has 0 amide bonds. The molecule has 2 spiro atoms. The van der Waals surface area contributed by atoms with E-state index in [1.165, 1.54) is 71.1 Å². The standard InChI is InChI=1S/C21H38N2O2/c1-18(22-10-5-20(15-22)7-12-24-13-8-20)3-4-19(2)23-11-6-21(16-23)9-14-25-17-21/h18-19H,3-17H2,1-2H3. The Bertz CT molecular complexity index is 443. The third-order valence-corrected chi connectivity index (χ3v) is 7.92. The second-order valence-electron chi connectivity index (χ2n) is 9.63. The normalized spacial score (nSPS) is 35.8. The summed E-state index contributed by atoms with van der Waals surface area (Å²) < 4.78 is 11.3. The minimum atomic E-state index is 0.504. The van der Waals surface area contributed by atoms with E-state index in [9.17, 15) is 0 Å². The molecular weight excluding hydrogens is 312 g/mol. The maximum absolute atomic E-state index is 5.69. The van der Waals surface area contributed by atoms with Gasteiger partial charge in [-0.1, -0.05) is 0 Å². The van der Waals surface area contributed by atoms with Gasteiger partial charge in [0.1, 0.15) is 0 Å². The van der Waals surface area contributed by atoms with Crippen LogP contribution in [0.15, 0.2) is 0 Å². The van der Waals surface area contributed by atoms with Gasteiger partial charge in [-0.15, -0.1) is 0 Å². The van der Waals surface area contributed by atoms with Crippen LogP contribution in [0.25, 0.3) is 0 Å². The van der Waals surface area contributed by atoms with Gasteiger partial charge >= 0.3 is 0 Å². The van der Waals surface area contributed by atoms with Crippen LogP contribution in [-0.2, 0) is 9.47 Å². The van der Waals surface area contributed by atoms with Gasteiger partial charge in [0.15, 0.2) is 0 Å². The molecule has 25 heavy (non-hydrogen) atoms. The minimum absolute atomic E-state index is 0.504. The second-order valence-corrected chi connectivity index (χ2v) is 9.63. The zero-order valence-electron chi connectivity index (χ0n) is 16.5. The summed E-state index contributed by atoms with van der Waals surface area (Å²) in [4.78, 5) is 5.51. The van der Waals surface area contributed by atoms with Gasteiger partial charge in [0.05, 0.1) is 6.61 Å². The topological polar surface area (TPSA) is 24.9 Å². The highest BCUT2D eigenvalue weighted by molar-refractivity contribution is 4.95. The van der Waals surface area contributed by atoms with Crippen molar-refractivity contribution in [3.63, 3.8) is 0 Å². The molecule has 0 N–H and O–H groups in total. The Kier molecular flexibility index (Phi) is 5.43. The van der Waals surface area contributed by atoms with Crippen LogP contribution in [0.2, 0.25) is 0 Å². The third kappa shape index (κ3) is 3.92. The predicted molar refractivity (Wildman–Crippen MR) is 101 cm³/mol. The Morgan fingerprint density at radius 2 is 1.24 bits per heavy atom. The van der Waals surface area contributed by atoms with Gasteiger partial charge in [0, 0.05) is 50.4 Å². The molecule has 0 aromatic carbocycles. The molecule has 4 aliphatic rings. The number of hydrogen-bond donors (Lipinski definition) is 0. The molecule has 4 heterocycles. The summed E-state index contributed by atoms with van der Waals surface area (Å²) in [6.07, 6.45) is 9.27. The number of nitrogens with zero attached hydrogens (tertiary/aromatic N) is 2. The molecule has 4 saturated heterocycles. The van der Waals surface area contributed by atoms with Crippen molar-refractivity contribution in [2.75, 3.05) is 52.6 Å². The van der Waals surface area contributed by atoms with Crippen molar-refractivity contribution in [1.82, 2.24) is 9.80 Å². The van der Waals surface area contributed by atoms with Crippen molar-refractivity contribution < 1.29 is 9.47 Å². The van der Waals surface area contributed by atoms with Crippen LogP contribution in [0.1, 0.15) is 58.8 Å². The van der Waals surface area contributed by atoms with Crippen molar-refractivity contribution in [2.24, 2.45) is 10.8 Å². The third-order valence-electron chi connectivity index (χ3n) is 7.92. The first kappa shape index (κ1) is 18.2. The lowest BCUT2D eigenvalue weighted by Gasteiger charge is -2.35. The summed E-state index contributed by atoms with van der Waals surface area (Å²) >= 11 is 0. The summed E-state index contributed by atoms with van der Waals surface area (Å²) in [5.74, 6) is 0. The minimum Gasteiger partial charge on any atom is -0.381 e. The summed E-state index contributed by atoms with van der Waals surface area (Å²) in [5, 5.41) is 0. The van der Waals surface area contributed by atoms with Crippen molar-refractivity contribution in [3.8, 4) is 0 Å². The van der Waals surface area contributed by atoms with Crippen LogP contribution in [0.3, 0.4) is 0 Å². The zero-order valence-corrected chi connectivity index (χ0v) is 16.5. The van der Waals surface area contributed by atoms with E-state index in [1.54, 1.807) is 0 Å². The summed E-state index contributed by atoms with van der Waals surface area (Å²) in [7, 11) is 0. The lowest BCUT2D eigenvalue weighted by molar-refractivity contribution is 0.0171. The zero-order chi connectivity index (χ0) is 17.3. The number of likely N-dealkylation sites (tertiary alicyclic amines) is 2. The van der Waals surface area contributed by atoms with Crippen LogP contribution < -0.4 is 0 Å². The SMILES string of the molecule is CC(CCC(C)N1CCC2(CCOC2)C1)N1CCC2(CCOCC2)C1. The van der Waals surface area contributed by atoms with Gasteiger partial charge in [0.25, 0.3) is 0 Å². The fourth-order valence-corrected chi connectivity index (χ4v) is 5.72. The maximum Gasteiger partial charge on any atom is 0.0536 e. The Balaban J connectivity index is 1.21. The van der Waals surface area contributed by atoms with Gasteiger partial charge < -0.3 is 14.4 Å². The molecule has 0 aromatic rings. The van der Waals surface area contributed by atoms with Crippen LogP contribution in [0.4, 0.5) is 0 Å². The highest BCUT2D eigenvalue weighted by Gasteiger charge is 2.43. The number of rotatable bonds is 5. The van der Waals surface area contributed by atoms with Crippen molar-refractivity contribution in [3.05, 3.63) is 0 Å². The van der Waals surface area contributed by atoms with Crippen molar-refractivity contribution in [1.29, 1.82) is 0 Å². The lowest BCUT2D eigenvalue weighted by atomic mass is 9.79. The Morgan fingerprint density at radius 3 is 1.84 bits per heavy atom. The van der Waals surface area contributed by atoms with E-state index in [0.29, 0.717) is 10.8 Å². The predicted octanol–water partition coefficient (Wildman–Crippen LogP) is 3.16. The summed E-state index contributed by atoms with van der Waals surface area (Å²) in [6.45, 7) is 14.1. The maximum atomic E-state index is 5.69. The molecule has 0 saturated carbocycles. The number of ether oxygens (including phenoxy) is 2. The molecule has 3 unspecified atom stereocenters. The van der Waals surface area contributed by atoms with Crippen LogP contribution in [0, 0.1) is 10.8 Å². The highest BCUT2D eigenvalue weighted by Crippen LogP contribution is 2.41. The van der Waals surface area contributed by atoms with Crippen molar-refractivity contribution in [2.45, 2.75) is 70.9 Å². The molecule has 144 valence electrons.